The average molecular weight is 398 g/mol. The Morgan fingerprint density at radius 1 is 0.765 bits per heavy atom. The fourth-order valence-electron chi connectivity index (χ4n) is 2.63. The molecule has 2 bridgehead atoms. The standard InChI is InChI=1S/C9H6Cl8/c10-1-3-4(2-11)8(15)6(13)5(12)7(3,14)9(8,16)17/h3-4H,1-2H2/t3-,4-,7-,8-/m1/s1. The number of alkyl halides is 6. The molecule has 0 radical (unpaired) electrons. The Labute approximate surface area is 139 Å². The first kappa shape index (κ1) is 15.4. The van der Waals surface area contributed by atoms with Crippen molar-refractivity contribution in [2.24, 2.45) is 11.8 Å². The summed E-state index contributed by atoms with van der Waals surface area (Å²) >= 11 is 49.8. The Kier molecular flexibility index (Phi) is 4.12. The Morgan fingerprint density at radius 3 is 1.29 bits per heavy atom. The van der Waals surface area contributed by atoms with Crippen LogP contribution in [0.25, 0.3) is 0 Å². The number of rotatable bonds is 2. The van der Waals surface area contributed by atoms with E-state index >= 15 is 0 Å². The first-order valence-electron chi connectivity index (χ1n) is 4.65. The Bertz CT molecular complexity index is 356. The summed E-state index contributed by atoms with van der Waals surface area (Å²) in [6.07, 6.45) is 0. The van der Waals surface area contributed by atoms with Crippen LogP contribution in [0.5, 0.6) is 0 Å². The number of hydrogen-bond donors (Lipinski definition) is 0. The highest BCUT2D eigenvalue weighted by Crippen LogP contribution is 2.76. The third-order valence-electron chi connectivity index (χ3n) is 3.59. The predicted molar refractivity (Wildman–Crippen MR) is 78.8 cm³/mol. The van der Waals surface area contributed by atoms with E-state index in [1.54, 1.807) is 0 Å². The molecule has 2 rings (SSSR count). The quantitative estimate of drug-likeness (QED) is 0.536. The molecule has 0 spiro atoms. The highest BCUT2D eigenvalue weighted by atomic mass is 35.5. The van der Waals surface area contributed by atoms with Crippen molar-refractivity contribution < 1.29 is 0 Å². The zero-order valence-corrected chi connectivity index (χ0v) is 14.1. The SMILES string of the molecule is ClC[C@@H]1[C@@H](CCl)[C@@]2(Cl)C(Cl)=C(Cl)[C@@]1(Cl)C2(Cl)Cl. The van der Waals surface area contributed by atoms with Gasteiger partial charge in [-0.1, -0.05) is 46.4 Å². The maximum absolute atomic E-state index is 6.50. The van der Waals surface area contributed by atoms with Gasteiger partial charge in [-0.15, -0.1) is 46.4 Å². The molecule has 0 N–H and O–H groups in total. The number of fused-ring (bicyclic) bond motifs is 2. The molecule has 0 heterocycles. The van der Waals surface area contributed by atoms with Crippen LogP contribution in [0.4, 0.5) is 0 Å². The smallest absolute Gasteiger partial charge is 0.126 e. The maximum atomic E-state index is 6.50. The minimum absolute atomic E-state index is 0.160. The van der Waals surface area contributed by atoms with Gasteiger partial charge in [-0.2, -0.15) is 0 Å². The Morgan fingerprint density at radius 2 is 1.06 bits per heavy atom. The van der Waals surface area contributed by atoms with Gasteiger partial charge >= 0.3 is 0 Å². The monoisotopic (exact) mass is 394 g/mol. The van der Waals surface area contributed by atoms with Crippen LogP contribution in [0.1, 0.15) is 0 Å². The molecule has 0 unspecified atom stereocenters. The van der Waals surface area contributed by atoms with Crippen LogP contribution in [0.15, 0.2) is 10.1 Å². The molecule has 0 aliphatic heterocycles. The minimum Gasteiger partial charge on any atom is -0.126 e. The van der Waals surface area contributed by atoms with Crippen LogP contribution in [0.2, 0.25) is 0 Å². The normalized spacial score (nSPS) is 48.0. The molecule has 2 aliphatic rings. The van der Waals surface area contributed by atoms with Crippen LogP contribution in [-0.2, 0) is 0 Å². The van der Waals surface area contributed by atoms with Crippen LogP contribution in [-0.4, -0.2) is 25.8 Å². The molecular weight excluding hydrogens is 392 g/mol. The molecule has 17 heavy (non-hydrogen) atoms. The van der Waals surface area contributed by atoms with E-state index in [0.29, 0.717) is 0 Å². The van der Waals surface area contributed by atoms with Gasteiger partial charge in [-0.3, -0.25) is 0 Å². The van der Waals surface area contributed by atoms with Crippen molar-refractivity contribution >= 4 is 92.8 Å². The Balaban J connectivity index is 2.72. The zero-order valence-electron chi connectivity index (χ0n) is 8.09. The molecule has 0 saturated heterocycles. The van der Waals surface area contributed by atoms with E-state index in [2.05, 4.69) is 0 Å². The van der Waals surface area contributed by atoms with Crippen molar-refractivity contribution in [3.63, 3.8) is 0 Å². The van der Waals surface area contributed by atoms with Gasteiger partial charge in [0.2, 0.25) is 0 Å². The highest BCUT2D eigenvalue weighted by molar-refractivity contribution is 6.65. The van der Waals surface area contributed by atoms with Crippen LogP contribution < -0.4 is 0 Å². The molecule has 8 heteroatoms. The predicted octanol–water partition coefficient (Wildman–Crippen LogP) is 5.54. The van der Waals surface area contributed by atoms with E-state index in [1.807, 2.05) is 0 Å². The molecule has 0 aromatic rings. The molecule has 2 aliphatic carbocycles. The highest BCUT2D eigenvalue weighted by Gasteiger charge is 2.81. The van der Waals surface area contributed by atoms with Gasteiger partial charge in [0, 0.05) is 23.6 Å². The van der Waals surface area contributed by atoms with Crippen molar-refractivity contribution in [2.45, 2.75) is 14.1 Å². The number of hydrogen-bond acceptors (Lipinski definition) is 0. The summed E-state index contributed by atoms with van der Waals surface area (Å²) in [5.41, 5.74) is 0. The van der Waals surface area contributed by atoms with E-state index in [1.165, 1.54) is 0 Å². The van der Waals surface area contributed by atoms with Crippen molar-refractivity contribution in [1.29, 1.82) is 0 Å². The molecule has 0 aromatic heterocycles. The summed E-state index contributed by atoms with van der Waals surface area (Å²) in [5.74, 6) is -0.301. The third kappa shape index (κ3) is 1.48. The lowest BCUT2D eigenvalue weighted by Gasteiger charge is -2.34. The summed E-state index contributed by atoms with van der Waals surface area (Å²) in [4.78, 5) is -2.59. The summed E-state index contributed by atoms with van der Waals surface area (Å²) in [6, 6.07) is 0. The summed E-state index contributed by atoms with van der Waals surface area (Å²) < 4.78 is -1.55. The van der Waals surface area contributed by atoms with Crippen molar-refractivity contribution in [3.05, 3.63) is 10.1 Å². The second-order valence-electron chi connectivity index (χ2n) is 4.15. The first-order chi connectivity index (χ1) is 7.71. The fraction of sp³-hybridized carbons (Fsp3) is 0.778. The maximum Gasteiger partial charge on any atom is 0.166 e. The second-order valence-corrected chi connectivity index (χ2v) is 8.04. The number of halogens is 8. The first-order valence-corrected chi connectivity index (χ1v) is 7.98. The van der Waals surface area contributed by atoms with E-state index in [9.17, 15) is 0 Å². The summed E-state index contributed by atoms with van der Waals surface area (Å²) in [6.45, 7) is 0. The van der Waals surface area contributed by atoms with Gasteiger partial charge in [-0.25, -0.2) is 0 Å². The number of allylic oxidation sites excluding steroid dienone is 2. The zero-order chi connectivity index (χ0) is 13.2. The third-order valence-corrected chi connectivity index (χ3v) is 8.60. The van der Waals surface area contributed by atoms with E-state index in [4.69, 9.17) is 92.8 Å². The molecule has 4 atom stereocenters. The van der Waals surface area contributed by atoms with Crippen molar-refractivity contribution in [2.75, 3.05) is 11.8 Å². The second kappa shape index (κ2) is 4.53. The summed E-state index contributed by atoms with van der Waals surface area (Å²) in [5, 5.41) is 0.320. The fourth-order valence-corrected chi connectivity index (χ4v) is 6.77. The topological polar surface area (TPSA) is 0 Å². The molecule has 1 saturated carbocycles. The van der Waals surface area contributed by atoms with Gasteiger partial charge in [0.1, 0.15) is 9.75 Å². The van der Waals surface area contributed by atoms with Crippen LogP contribution >= 0.6 is 92.8 Å². The minimum atomic E-state index is -1.55. The van der Waals surface area contributed by atoms with E-state index < -0.39 is 14.1 Å². The van der Waals surface area contributed by atoms with E-state index in [-0.39, 0.29) is 33.7 Å². The molecule has 0 nitrogen and oxygen atoms in total. The lowest BCUT2D eigenvalue weighted by atomic mass is 9.84. The average Bonchev–Trinajstić information content (AvgIpc) is 2.48. The Hall–Kier alpha value is 2.06. The van der Waals surface area contributed by atoms with Crippen LogP contribution in [0, 0.1) is 11.8 Å². The van der Waals surface area contributed by atoms with Gasteiger partial charge < -0.3 is 0 Å². The lowest BCUT2D eigenvalue weighted by molar-refractivity contribution is 0.391. The lowest BCUT2D eigenvalue weighted by Crippen LogP contribution is -2.45. The van der Waals surface area contributed by atoms with Gasteiger partial charge in [0.25, 0.3) is 0 Å². The molecular formula is C9H6Cl8. The van der Waals surface area contributed by atoms with Gasteiger partial charge in [0.05, 0.1) is 10.1 Å². The van der Waals surface area contributed by atoms with Gasteiger partial charge in [0.15, 0.2) is 4.33 Å². The van der Waals surface area contributed by atoms with Gasteiger partial charge in [-0.05, 0) is 0 Å². The molecule has 0 amide bonds. The summed E-state index contributed by atoms with van der Waals surface area (Å²) in [7, 11) is 0. The van der Waals surface area contributed by atoms with Crippen molar-refractivity contribution in [3.8, 4) is 0 Å². The molecule has 1 fully saturated rings. The largest absolute Gasteiger partial charge is 0.166 e. The molecule has 98 valence electrons. The van der Waals surface area contributed by atoms with Crippen molar-refractivity contribution in [1.82, 2.24) is 0 Å². The van der Waals surface area contributed by atoms with Crippen LogP contribution in [0.3, 0.4) is 0 Å². The molecule has 0 aromatic carbocycles. The van der Waals surface area contributed by atoms with E-state index in [0.717, 1.165) is 0 Å².